The molecule has 0 aliphatic heterocycles. The van der Waals surface area contributed by atoms with Gasteiger partial charge in [-0.1, -0.05) is 0 Å². The van der Waals surface area contributed by atoms with Crippen LogP contribution in [0.15, 0.2) is 0 Å². The van der Waals surface area contributed by atoms with Crippen LogP contribution in [0.1, 0.15) is 0 Å². The first-order valence-corrected chi connectivity index (χ1v) is 11.8. The van der Waals surface area contributed by atoms with E-state index in [1.165, 1.54) is 0 Å². The van der Waals surface area contributed by atoms with Gasteiger partial charge in [0.2, 0.25) is 0 Å². The van der Waals surface area contributed by atoms with E-state index in [0.29, 0.717) is 0 Å². The van der Waals surface area contributed by atoms with Gasteiger partial charge in [-0.05, 0) is 0 Å². The van der Waals surface area contributed by atoms with E-state index >= 15 is 0 Å². The Labute approximate surface area is 79.4 Å². The minimum Gasteiger partial charge on any atom is -0.130 e. The second-order valence-electron chi connectivity index (χ2n) is 0.495. The Balaban J connectivity index is 0. The molecule has 8 heteroatoms. The highest BCUT2D eigenvalue weighted by atomic mass is 35.8. The lowest BCUT2D eigenvalue weighted by Crippen LogP contribution is -1.66. The fraction of sp³-hybridized carbons (Fsp3) is 0. The van der Waals surface area contributed by atoms with Crippen LogP contribution in [0.25, 0.3) is 0 Å². The lowest BCUT2D eigenvalue weighted by atomic mass is 27.7. The third-order valence-electron chi connectivity index (χ3n) is 0. The van der Waals surface area contributed by atoms with Gasteiger partial charge in [0.1, 0.15) is 0 Å². The third-order valence-corrected chi connectivity index (χ3v) is 0. The number of rotatable bonds is 0. The number of halogens is 6. The van der Waals surface area contributed by atoms with Crippen molar-refractivity contribution in [1.29, 1.82) is 0 Å². The fourth-order valence-electron chi connectivity index (χ4n) is 0. The lowest BCUT2D eigenvalue weighted by molar-refractivity contribution is 4.07. The van der Waals surface area contributed by atoms with Crippen molar-refractivity contribution in [2.75, 3.05) is 0 Å². The lowest BCUT2D eigenvalue weighted by Gasteiger charge is -1.65. The Bertz CT molecular complexity index is 22.0. The molecule has 0 heterocycles. The Hall–Kier alpha value is 2.17. The SMILES string of the molecule is Cl[SiH](Cl)Cl.Cl[SiH](Cl)Cl. The van der Waals surface area contributed by atoms with Crippen molar-refractivity contribution >= 4 is 79.9 Å². The molecule has 0 atom stereocenters. The van der Waals surface area contributed by atoms with Crippen molar-refractivity contribution in [2.24, 2.45) is 0 Å². The van der Waals surface area contributed by atoms with Crippen LogP contribution in [-0.4, -0.2) is 13.5 Å². The molecule has 0 radical (unpaired) electrons. The molecule has 0 aromatic carbocycles. The largest absolute Gasteiger partial charge is 0.326 e. The van der Waals surface area contributed by atoms with Crippen LogP contribution in [0.3, 0.4) is 0 Å². The average Bonchev–Trinajstić information content (AvgIpc) is 1.25. The Morgan fingerprint density at radius 2 is 0.500 bits per heavy atom. The highest BCUT2D eigenvalue weighted by Crippen LogP contribution is 1.97. The molecule has 52 valence electrons. The monoisotopic (exact) mass is 268 g/mol. The van der Waals surface area contributed by atoms with E-state index < -0.39 is 13.5 Å². The first-order chi connectivity index (χ1) is 3.46. The molecule has 0 N–H and O–H groups in total. The molecule has 0 nitrogen and oxygen atoms in total. The average molecular weight is 271 g/mol. The van der Waals surface area contributed by atoms with Gasteiger partial charge in [-0.25, -0.2) is 0 Å². The van der Waals surface area contributed by atoms with Crippen LogP contribution in [0.5, 0.6) is 0 Å². The zero-order valence-electron chi connectivity index (χ0n) is 3.42. The van der Waals surface area contributed by atoms with E-state index in [9.17, 15) is 0 Å². The molecule has 0 rings (SSSR count). The molecule has 0 unspecified atom stereocenters. The maximum Gasteiger partial charge on any atom is 0.326 e. The molecule has 0 saturated heterocycles. The Morgan fingerprint density at radius 3 is 0.500 bits per heavy atom. The molecular formula is H2Cl6Si2. The second kappa shape index (κ2) is 9.17. The molecule has 0 aliphatic carbocycles. The van der Waals surface area contributed by atoms with E-state index in [4.69, 9.17) is 66.5 Å². The van der Waals surface area contributed by atoms with Crippen molar-refractivity contribution in [1.82, 2.24) is 0 Å². The van der Waals surface area contributed by atoms with E-state index in [0.717, 1.165) is 0 Å². The van der Waals surface area contributed by atoms with Crippen molar-refractivity contribution in [3.63, 3.8) is 0 Å². The smallest absolute Gasteiger partial charge is 0.130 e. The standard InChI is InChI=1S/2Cl3HSi/c2*1-4(2)3/h2*4H. The van der Waals surface area contributed by atoms with Gasteiger partial charge < -0.3 is 0 Å². The quantitative estimate of drug-likeness (QED) is 0.469. The first kappa shape index (κ1) is 12.8. The summed E-state index contributed by atoms with van der Waals surface area (Å²) in [6.45, 7) is -3.44. The zero-order chi connectivity index (χ0) is 7.15. The van der Waals surface area contributed by atoms with Gasteiger partial charge in [-0.3, -0.25) is 0 Å². The molecule has 0 spiro atoms. The van der Waals surface area contributed by atoms with Gasteiger partial charge in [-0.2, -0.15) is 0 Å². The second-order valence-corrected chi connectivity index (χ2v) is 13.4. The van der Waals surface area contributed by atoms with Crippen molar-refractivity contribution in [3.05, 3.63) is 0 Å². The van der Waals surface area contributed by atoms with Gasteiger partial charge in [0.05, 0.1) is 0 Å². The summed E-state index contributed by atoms with van der Waals surface area (Å²) in [5.74, 6) is 0. The van der Waals surface area contributed by atoms with E-state index in [1.54, 1.807) is 0 Å². The van der Waals surface area contributed by atoms with E-state index in [1.807, 2.05) is 0 Å². The van der Waals surface area contributed by atoms with E-state index in [2.05, 4.69) is 0 Å². The van der Waals surface area contributed by atoms with Gasteiger partial charge in [0, 0.05) is 0 Å². The topological polar surface area (TPSA) is 0 Å². The normalized spacial score (nSPS) is 9.00. The zero-order valence-corrected chi connectivity index (χ0v) is 10.3. The summed E-state index contributed by atoms with van der Waals surface area (Å²) in [4.78, 5) is 0. The highest BCUT2D eigenvalue weighted by molar-refractivity contribution is 7.54. The molecule has 0 amide bonds. The van der Waals surface area contributed by atoms with Crippen molar-refractivity contribution < 1.29 is 0 Å². The molecule has 0 saturated carbocycles. The van der Waals surface area contributed by atoms with Gasteiger partial charge in [-0.15, -0.1) is 66.5 Å². The van der Waals surface area contributed by atoms with Crippen molar-refractivity contribution in [2.45, 2.75) is 0 Å². The summed E-state index contributed by atoms with van der Waals surface area (Å²) >= 11 is 29.7. The minimum atomic E-state index is -1.72. The molecule has 0 aromatic heterocycles. The molecule has 0 fully saturated rings. The van der Waals surface area contributed by atoms with Crippen LogP contribution in [0.2, 0.25) is 0 Å². The van der Waals surface area contributed by atoms with Crippen LogP contribution < -0.4 is 0 Å². The molecule has 0 bridgehead atoms. The Morgan fingerprint density at radius 1 is 0.500 bits per heavy atom. The van der Waals surface area contributed by atoms with Gasteiger partial charge in [0.25, 0.3) is 0 Å². The van der Waals surface area contributed by atoms with Gasteiger partial charge in [0.15, 0.2) is 0 Å². The van der Waals surface area contributed by atoms with Crippen LogP contribution >= 0.6 is 66.5 Å². The van der Waals surface area contributed by atoms with Gasteiger partial charge >= 0.3 is 13.5 Å². The van der Waals surface area contributed by atoms with Crippen LogP contribution in [0, 0.1) is 0 Å². The van der Waals surface area contributed by atoms with Crippen LogP contribution in [-0.2, 0) is 0 Å². The molecule has 8 heavy (non-hydrogen) atoms. The maximum absolute atomic E-state index is 4.94. The fourth-order valence-corrected chi connectivity index (χ4v) is 0. The van der Waals surface area contributed by atoms with E-state index in [-0.39, 0.29) is 0 Å². The highest BCUT2D eigenvalue weighted by Gasteiger charge is 1.85. The predicted molar refractivity (Wildman–Crippen MR) is 49.4 cm³/mol. The summed E-state index contributed by atoms with van der Waals surface area (Å²) in [6, 6.07) is 0. The minimum absolute atomic E-state index is 1.72. The molecular weight excluding hydrogens is 269 g/mol. The number of hydrogen-bond acceptors (Lipinski definition) is 0. The predicted octanol–water partition coefficient (Wildman–Crippen LogP) is 2.84. The summed E-state index contributed by atoms with van der Waals surface area (Å²) in [5.41, 5.74) is 0. The van der Waals surface area contributed by atoms with Crippen LogP contribution in [0.4, 0.5) is 0 Å². The summed E-state index contributed by atoms with van der Waals surface area (Å²) in [7, 11) is 0. The first-order valence-electron chi connectivity index (χ1n) is 1.31. The molecule has 0 aliphatic rings. The van der Waals surface area contributed by atoms with Crippen molar-refractivity contribution in [3.8, 4) is 0 Å². The Kier molecular flexibility index (Phi) is 14.7. The number of hydrogen-bond donors (Lipinski definition) is 0. The molecule has 0 aromatic rings. The summed E-state index contributed by atoms with van der Waals surface area (Å²) in [5, 5.41) is 0. The maximum atomic E-state index is 4.94. The summed E-state index contributed by atoms with van der Waals surface area (Å²) < 4.78 is 0. The third kappa shape index (κ3) is 89.0. The summed E-state index contributed by atoms with van der Waals surface area (Å²) in [6.07, 6.45) is 0.